The zero-order valence-electron chi connectivity index (χ0n) is 17.0. The molecule has 0 atom stereocenters. The van der Waals surface area contributed by atoms with Crippen molar-refractivity contribution in [1.29, 1.82) is 0 Å². The molecule has 6 heteroatoms. The Bertz CT molecular complexity index is 1000. The average molecular weight is 404 g/mol. The summed E-state index contributed by atoms with van der Waals surface area (Å²) in [5.41, 5.74) is 5.25. The number of aryl methyl sites for hydroxylation is 1. The maximum Gasteiger partial charge on any atom is 0.277 e. The molecule has 1 amide bonds. The maximum absolute atomic E-state index is 11.9. The standard InChI is InChI=1S/C24H24N2O4/c1-18-8-6-7-11-21(18)30-17-24(27)26-25-15-20-12-13-22(23(14-20)28-2)29-16-19-9-4-3-5-10-19/h3-15H,16-17H2,1-2H3,(H,26,27). The zero-order valence-corrected chi connectivity index (χ0v) is 17.0. The van der Waals surface area contributed by atoms with E-state index in [0.717, 1.165) is 16.7 Å². The minimum atomic E-state index is -0.343. The summed E-state index contributed by atoms with van der Waals surface area (Å²) in [7, 11) is 1.58. The molecule has 0 unspecified atom stereocenters. The van der Waals surface area contributed by atoms with Gasteiger partial charge in [-0.25, -0.2) is 5.43 Å². The molecule has 6 nitrogen and oxygen atoms in total. The monoisotopic (exact) mass is 404 g/mol. The van der Waals surface area contributed by atoms with Crippen molar-refractivity contribution < 1.29 is 19.0 Å². The molecule has 3 aromatic carbocycles. The van der Waals surface area contributed by atoms with Crippen LogP contribution >= 0.6 is 0 Å². The van der Waals surface area contributed by atoms with E-state index >= 15 is 0 Å². The van der Waals surface area contributed by atoms with E-state index in [0.29, 0.717) is 23.9 Å². The third kappa shape index (κ3) is 6.10. The van der Waals surface area contributed by atoms with Crippen LogP contribution < -0.4 is 19.6 Å². The molecule has 1 N–H and O–H groups in total. The lowest BCUT2D eigenvalue weighted by molar-refractivity contribution is -0.123. The highest BCUT2D eigenvalue weighted by molar-refractivity contribution is 5.83. The second-order valence-electron chi connectivity index (χ2n) is 6.53. The van der Waals surface area contributed by atoms with Crippen LogP contribution in [0.25, 0.3) is 0 Å². The zero-order chi connectivity index (χ0) is 21.2. The predicted octanol–water partition coefficient (Wildman–Crippen LogP) is 4.11. The van der Waals surface area contributed by atoms with Gasteiger partial charge in [-0.1, -0.05) is 48.5 Å². The molecule has 0 spiro atoms. The summed E-state index contributed by atoms with van der Waals surface area (Å²) in [5.74, 6) is 1.55. The number of nitrogens with zero attached hydrogens (tertiary/aromatic N) is 1. The van der Waals surface area contributed by atoms with Gasteiger partial charge in [-0.2, -0.15) is 5.10 Å². The van der Waals surface area contributed by atoms with Gasteiger partial charge in [0.2, 0.25) is 0 Å². The van der Waals surface area contributed by atoms with E-state index in [1.165, 1.54) is 6.21 Å². The van der Waals surface area contributed by atoms with Crippen LogP contribution in [0.15, 0.2) is 77.9 Å². The van der Waals surface area contributed by atoms with Crippen LogP contribution in [0.4, 0.5) is 0 Å². The van der Waals surface area contributed by atoms with Crippen molar-refractivity contribution in [2.45, 2.75) is 13.5 Å². The molecule has 0 aromatic heterocycles. The molecule has 0 bridgehead atoms. The molecule has 0 heterocycles. The van der Waals surface area contributed by atoms with Gasteiger partial charge in [0.1, 0.15) is 12.4 Å². The Morgan fingerprint density at radius 2 is 1.70 bits per heavy atom. The van der Waals surface area contributed by atoms with Crippen molar-refractivity contribution >= 4 is 12.1 Å². The van der Waals surface area contributed by atoms with Crippen LogP contribution in [-0.4, -0.2) is 25.8 Å². The number of para-hydroxylation sites is 1. The number of hydrazone groups is 1. The Labute approximate surface area is 176 Å². The van der Waals surface area contributed by atoms with Crippen LogP contribution in [-0.2, 0) is 11.4 Å². The summed E-state index contributed by atoms with van der Waals surface area (Å²) < 4.78 is 16.7. The summed E-state index contributed by atoms with van der Waals surface area (Å²) in [6.07, 6.45) is 1.54. The van der Waals surface area contributed by atoms with E-state index in [4.69, 9.17) is 14.2 Å². The van der Waals surface area contributed by atoms with Crippen molar-refractivity contribution in [2.24, 2.45) is 5.10 Å². The van der Waals surface area contributed by atoms with Crippen LogP contribution in [0.2, 0.25) is 0 Å². The molecular formula is C24H24N2O4. The molecule has 0 fully saturated rings. The number of hydrogen-bond acceptors (Lipinski definition) is 5. The molecule has 3 rings (SSSR count). The Kier molecular flexibility index (Phi) is 7.44. The van der Waals surface area contributed by atoms with Crippen LogP contribution in [0, 0.1) is 6.92 Å². The summed E-state index contributed by atoms with van der Waals surface area (Å²) in [4.78, 5) is 11.9. The SMILES string of the molecule is COc1cc(C=NNC(=O)COc2ccccc2C)ccc1OCc1ccccc1. The van der Waals surface area contributed by atoms with E-state index < -0.39 is 0 Å². The topological polar surface area (TPSA) is 69.2 Å². The Morgan fingerprint density at radius 1 is 0.933 bits per heavy atom. The first-order valence-corrected chi connectivity index (χ1v) is 9.51. The highest BCUT2D eigenvalue weighted by Gasteiger charge is 2.06. The van der Waals surface area contributed by atoms with Gasteiger partial charge in [0.25, 0.3) is 5.91 Å². The molecule has 0 aliphatic heterocycles. The van der Waals surface area contributed by atoms with Gasteiger partial charge < -0.3 is 14.2 Å². The van der Waals surface area contributed by atoms with E-state index in [1.54, 1.807) is 13.2 Å². The van der Waals surface area contributed by atoms with Crippen molar-refractivity contribution in [2.75, 3.05) is 13.7 Å². The molecular weight excluding hydrogens is 380 g/mol. The Morgan fingerprint density at radius 3 is 2.47 bits per heavy atom. The number of ether oxygens (including phenoxy) is 3. The van der Waals surface area contributed by atoms with Gasteiger partial charge in [0.15, 0.2) is 18.1 Å². The van der Waals surface area contributed by atoms with Gasteiger partial charge in [-0.15, -0.1) is 0 Å². The lowest BCUT2D eigenvalue weighted by Crippen LogP contribution is -2.24. The third-order valence-electron chi connectivity index (χ3n) is 4.28. The molecule has 0 aliphatic carbocycles. The fourth-order valence-corrected chi connectivity index (χ4v) is 2.69. The van der Waals surface area contributed by atoms with Crippen molar-refractivity contribution in [3.63, 3.8) is 0 Å². The first kappa shape index (κ1) is 20.9. The summed E-state index contributed by atoms with van der Waals surface area (Å²) in [5, 5.41) is 3.97. The number of benzene rings is 3. The number of amides is 1. The van der Waals surface area contributed by atoms with E-state index in [-0.39, 0.29) is 12.5 Å². The summed E-state index contributed by atoms with van der Waals surface area (Å²) >= 11 is 0. The second-order valence-corrected chi connectivity index (χ2v) is 6.53. The molecule has 0 saturated heterocycles. The molecule has 30 heavy (non-hydrogen) atoms. The number of carbonyl (C=O) groups excluding carboxylic acids is 1. The second kappa shape index (κ2) is 10.7. The number of carbonyl (C=O) groups is 1. The average Bonchev–Trinajstić information content (AvgIpc) is 2.78. The number of methoxy groups -OCH3 is 1. The van der Waals surface area contributed by atoms with E-state index in [2.05, 4.69) is 10.5 Å². The molecule has 0 radical (unpaired) electrons. The number of hydrogen-bond donors (Lipinski definition) is 1. The smallest absolute Gasteiger partial charge is 0.277 e. The van der Waals surface area contributed by atoms with Gasteiger partial charge in [-0.3, -0.25) is 4.79 Å². The minimum absolute atomic E-state index is 0.113. The molecule has 0 saturated carbocycles. The molecule has 3 aromatic rings. The van der Waals surface area contributed by atoms with Gasteiger partial charge in [0.05, 0.1) is 13.3 Å². The molecule has 0 aliphatic rings. The number of nitrogens with one attached hydrogen (secondary N) is 1. The highest BCUT2D eigenvalue weighted by Crippen LogP contribution is 2.28. The fourth-order valence-electron chi connectivity index (χ4n) is 2.69. The first-order chi connectivity index (χ1) is 14.7. The van der Waals surface area contributed by atoms with Crippen LogP contribution in [0.1, 0.15) is 16.7 Å². The summed E-state index contributed by atoms with van der Waals surface area (Å²) in [6.45, 7) is 2.26. The van der Waals surface area contributed by atoms with E-state index in [1.807, 2.05) is 73.7 Å². The lowest BCUT2D eigenvalue weighted by Gasteiger charge is -2.11. The largest absolute Gasteiger partial charge is 0.493 e. The van der Waals surface area contributed by atoms with Crippen LogP contribution in [0.3, 0.4) is 0 Å². The first-order valence-electron chi connectivity index (χ1n) is 9.51. The quantitative estimate of drug-likeness (QED) is 0.430. The van der Waals surface area contributed by atoms with Crippen LogP contribution in [0.5, 0.6) is 17.2 Å². The highest BCUT2D eigenvalue weighted by atomic mass is 16.5. The van der Waals surface area contributed by atoms with Crippen molar-refractivity contribution in [1.82, 2.24) is 5.43 Å². The maximum atomic E-state index is 11.9. The van der Waals surface area contributed by atoms with Gasteiger partial charge in [0, 0.05) is 0 Å². The van der Waals surface area contributed by atoms with Gasteiger partial charge >= 0.3 is 0 Å². The van der Waals surface area contributed by atoms with Crippen molar-refractivity contribution in [3.05, 3.63) is 89.5 Å². The fraction of sp³-hybridized carbons (Fsp3) is 0.167. The lowest BCUT2D eigenvalue weighted by atomic mass is 10.2. The van der Waals surface area contributed by atoms with Crippen molar-refractivity contribution in [3.8, 4) is 17.2 Å². The minimum Gasteiger partial charge on any atom is -0.493 e. The predicted molar refractivity (Wildman–Crippen MR) is 116 cm³/mol. The summed E-state index contributed by atoms with van der Waals surface area (Å²) in [6, 6.07) is 22.9. The molecule has 154 valence electrons. The van der Waals surface area contributed by atoms with Gasteiger partial charge in [-0.05, 0) is 47.9 Å². The normalized spacial score (nSPS) is 10.6. The Balaban J connectivity index is 1.52. The third-order valence-corrected chi connectivity index (χ3v) is 4.28. The van der Waals surface area contributed by atoms with E-state index in [9.17, 15) is 4.79 Å². The Hall–Kier alpha value is -3.80. The number of rotatable bonds is 9.